The molecule has 16 heavy (non-hydrogen) atoms. The Hall–Kier alpha value is -1.95. The van der Waals surface area contributed by atoms with Gasteiger partial charge in [0.2, 0.25) is 0 Å². The molecule has 0 saturated carbocycles. The molecular weight excluding hydrogens is 230 g/mol. The van der Waals surface area contributed by atoms with Crippen LogP contribution in [0.1, 0.15) is 10.5 Å². The predicted molar refractivity (Wildman–Crippen MR) is 57.6 cm³/mol. The molecule has 2 rings (SSSR count). The summed E-state index contributed by atoms with van der Waals surface area (Å²) in [6.45, 7) is 0. The van der Waals surface area contributed by atoms with Crippen molar-refractivity contribution in [2.24, 2.45) is 0 Å². The second-order valence-electron chi connectivity index (χ2n) is 2.90. The summed E-state index contributed by atoms with van der Waals surface area (Å²) in [6, 6.07) is 1.57. The first kappa shape index (κ1) is 10.6. The highest BCUT2D eigenvalue weighted by molar-refractivity contribution is 6.30. The van der Waals surface area contributed by atoms with Crippen molar-refractivity contribution in [3.05, 3.63) is 35.5 Å². The van der Waals surface area contributed by atoms with E-state index in [0.717, 1.165) is 0 Å². The van der Waals surface area contributed by atoms with Gasteiger partial charge in [-0.3, -0.25) is 4.79 Å². The minimum atomic E-state index is -0.265. The van der Waals surface area contributed by atoms with Crippen molar-refractivity contribution in [3.63, 3.8) is 0 Å². The average molecular weight is 238 g/mol. The fourth-order valence-corrected chi connectivity index (χ4v) is 1.35. The van der Waals surface area contributed by atoms with Crippen molar-refractivity contribution in [2.75, 3.05) is 7.05 Å². The van der Waals surface area contributed by atoms with Crippen LogP contribution >= 0.6 is 11.6 Å². The maximum absolute atomic E-state index is 11.3. The quantitative estimate of drug-likeness (QED) is 0.834. The number of carbonyl (C=O) groups is 1. The lowest BCUT2D eigenvalue weighted by Gasteiger charge is -2.00. The highest BCUT2D eigenvalue weighted by Gasteiger charge is 2.10. The van der Waals surface area contributed by atoms with Gasteiger partial charge in [-0.2, -0.15) is 5.10 Å². The van der Waals surface area contributed by atoms with Crippen LogP contribution in [0.5, 0.6) is 0 Å². The van der Waals surface area contributed by atoms with E-state index in [-0.39, 0.29) is 11.1 Å². The number of carbonyl (C=O) groups excluding carboxylic acids is 1. The van der Waals surface area contributed by atoms with E-state index in [1.165, 1.54) is 24.1 Å². The van der Waals surface area contributed by atoms with Gasteiger partial charge in [0, 0.05) is 25.6 Å². The van der Waals surface area contributed by atoms with Gasteiger partial charge in [-0.05, 0) is 6.07 Å². The third kappa shape index (κ3) is 1.87. The van der Waals surface area contributed by atoms with Crippen molar-refractivity contribution in [1.29, 1.82) is 0 Å². The molecule has 0 bridgehead atoms. The maximum Gasteiger partial charge on any atom is 0.271 e. The minimum absolute atomic E-state index is 0.231. The Balaban J connectivity index is 2.39. The number of nitrogens with one attached hydrogen (secondary N) is 1. The average Bonchev–Trinajstić information content (AvgIpc) is 2.78. The van der Waals surface area contributed by atoms with Crippen LogP contribution in [0.4, 0.5) is 0 Å². The number of rotatable bonds is 2. The number of aromatic nitrogens is 4. The molecule has 0 radical (unpaired) electrons. The van der Waals surface area contributed by atoms with E-state index >= 15 is 0 Å². The molecule has 7 heteroatoms. The van der Waals surface area contributed by atoms with Gasteiger partial charge in [0.05, 0.1) is 0 Å². The first-order chi connectivity index (χ1) is 7.72. The van der Waals surface area contributed by atoms with E-state index in [0.29, 0.717) is 11.5 Å². The Morgan fingerprint density at radius 1 is 1.44 bits per heavy atom. The zero-order valence-electron chi connectivity index (χ0n) is 8.38. The molecule has 0 unspecified atom stereocenters. The molecule has 2 heterocycles. The van der Waals surface area contributed by atoms with Crippen LogP contribution in [-0.4, -0.2) is 32.7 Å². The Morgan fingerprint density at radius 2 is 2.19 bits per heavy atom. The van der Waals surface area contributed by atoms with Crippen molar-refractivity contribution >= 4 is 17.5 Å². The SMILES string of the molecule is CNC(=O)c1ccn(-c2nccnc2Cl)n1. The zero-order chi connectivity index (χ0) is 11.5. The molecule has 0 aliphatic carbocycles. The number of halogens is 1. The number of hydrogen-bond acceptors (Lipinski definition) is 4. The molecular formula is C9H8ClN5O. The van der Waals surface area contributed by atoms with Gasteiger partial charge >= 0.3 is 0 Å². The first-order valence-electron chi connectivity index (χ1n) is 4.47. The van der Waals surface area contributed by atoms with Gasteiger partial charge in [-0.1, -0.05) is 11.6 Å². The highest BCUT2D eigenvalue weighted by atomic mass is 35.5. The summed E-state index contributed by atoms with van der Waals surface area (Å²) in [4.78, 5) is 19.2. The second-order valence-corrected chi connectivity index (χ2v) is 3.25. The summed E-state index contributed by atoms with van der Waals surface area (Å²) in [5.41, 5.74) is 0.296. The first-order valence-corrected chi connectivity index (χ1v) is 4.85. The van der Waals surface area contributed by atoms with Crippen molar-refractivity contribution in [1.82, 2.24) is 25.1 Å². The number of amides is 1. The summed E-state index contributed by atoms with van der Waals surface area (Å²) in [5.74, 6) is 0.123. The molecule has 0 spiro atoms. The largest absolute Gasteiger partial charge is 0.354 e. The van der Waals surface area contributed by atoms with Crippen molar-refractivity contribution in [3.8, 4) is 5.82 Å². The van der Waals surface area contributed by atoms with Crippen LogP contribution in [0.25, 0.3) is 5.82 Å². The summed E-state index contributed by atoms with van der Waals surface area (Å²) >= 11 is 5.85. The Labute approximate surface area is 96.3 Å². The topological polar surface area (TPSA) is 72.7 Å². The van der Waals surface area contributed by atoms with E-state index in [9.17, 15) is 4.79 Å². The van der Waals surface area contributed by atoms with E-state index in [1.807, 2.05) is 0 Å². The lowest BCUT2D eigenvalue weighted by Crippen LogP contribution is -2.18. The van der Waals surface area contributed by atoms with Gasteiger partial charge in [-0.25, -0.2) is 14.6 Å². The predicted octanol–water partition coefficient (Wildman–Crippen LogP) is 0.675. The van der Waals surface area contributed by atoms with Crippen LogP contribution in [-0.2, 0) is 0 Å². The van der Waals surface area contributed by atoms with Crippen molar-refractivity contribution < 1.29 is 4.79 Å². The summed E-state index contributed by atoms with van der Waals surface area (Å²) < 4.78 is 1.40. The molecule has 0 aliphatic rings. The van der Waals surface area contributed by atoms with Crippen LogP contribution < -0.4 is 5.32 Å². The Bertz CT molecular complexity index is 524. The smallest absolute Gasteiger partial charge is 0.271 e. The lowest BCUT2D eigenvalue weighted by molar-refractivity contribution is 0.0957. The van der Waals surface area contributed by atoms with Crippen LogP contribution in [0.2, 0.25) is 5.15 Å². The third-order valence-electron chi connectivity index (χ3n) is 1.90. The summed E-state index contributed by atoms with van der Waals surface area (Å²) in [5, 5.41) is 6.74. The normalized spacial score (nSPS) is 10.1. The third-order valence-corrected chi connectivity index (χ3v) is 2.17. The Morgan fingerprint density at radius 3 is 2.88 bits per heavy atom. The number of hydrogen-bond donors (Lipinski definition) is 1. The molecule has 0 aromatic carbocycles. The molecule has 1 amide bonds. The van der Waals surface area contributed by atoms with Gasteiger partial charge in [-0.15, -0.1) is 0 Å². The monoisotopic (exact) mass is 237 g/mol. The van der Waals surface area contributed by atoms with E-state index < -0.39 is 0 Å². The molecule has 0 saturated heterocycles. The Kier molecular flexibility index (Phi) is 2.82. The van der Waals surface area contributed by atoms with E-state index in [2.05, 4.69) is 20.4 Å². The minimum Gasteiger partial charge on any atom is -0.354 e. The van der Waals surface area contributed by atoms with Gasteiger partial charge in [0.15, 0.2) is 16.7 Å². The van der Waals surface area contributed by atoms with Gasteiger partial charge in [0.1, 0.15) is 0 Å². The second kappa shape index (κ2) is 4.28. The van der Waals surface area contributed by atoms with Gasteiger partial charge in [0.25, 0.3) is 5.91 Å². The fraction of sp³-hybridized carbons (Fsp3) is 0.111. The fourth-order valence-electron chi connectivity index (χ4n) is 1.16. The molecule has 0 aliphatic heterocycles. The molecule has 82 valence electrons. The number of nitrogens with zero attached hydrogens (tertiary/aromatic N) is 4. The summed E-state index contributed by atoms with van der Waals surface area (Å²) in [7, 11) is 1.54. The summed E-state index contributed by atoms with van der Waals surface area (Å²) in [6.07, 6.45) is 4.58. The zero-order valence-corrected chi connectivity index (χ0v) is 9.14. The molecule has 0 atom stereocenters. The molecule has 6 nitrogen and oxygen atoms in total. The lowest BCUT2D eigenvalue weighted by atomic mass is 10.4. The molecule has 0 fully saturated rings. The highest BCUT2D eigenvalue weighted by Crippen LogP contribution is 2.13. The van der Waals surface area contributed by atoms with E-state index in [1.54, 1.807) is 12.3 Å². The maximum atomic E-state index is 11.3. The standard InChI is InChI=1S/C9H8ClN5O/c1-11-9(16)6-2-5-15(14-6)8-7(10)12-3-4-13-8/h2-5H,1H3,(H,11,16). The van der Waals surface area contributed by atoms with Crippen LogP contribution in [0.3, 0.4) is 0 Å². The molecule has 1 N–H and O–H groups in total. The molecule has 2 aromatic rings. The van der Waals surface area contributed by atoms with E-state index in [4.69, 9.17) is 11.6 Å². The van der Waals surface area contributed by atoms with Gasteiger partial charge < -0.3 is 5.32 Å². The molecule has 2 aromatic heterocycles. The van der Waals surface area contributed by atoms with Crippen molar-refractivity contribution in [2.45, 2.75) is 0 Å². The van der Waals surface area contributed by atoms with Crippen LogP contribution in [0, 0.1) is 0 Å². The van der Waals surface area contributed by atoms with Crippen LogP contribution in [0.15, 0.2) is 24.7 Å².